The van der Waals surface area contributed by atoms with Gasteiger partial charge in [-0.05, 0) is 65.6 Å². The van der Waals surface area contributed by atoms with Gasteiger partial charge in [0.05, 0.1) is 36.1 Å². The fourth-order valence-electron chi connectivity index (χ4n) is 4.71. The number of hydrogen-bond acceptors (Lipinski definition) is 7. The summed E-state index contributed by atoms with van der Waals surface area (Å²) in [6.45, 7) is 0.832. The van der Waals surface area contributed by atoms with Gasteiger partial charge in [0.25, 0.3) is 0 Å². The number of amides is 1. The van der Waals surface area contributed by atoms with Crippen LogP contribution in [0.2, 0.25) is 5.02 Å². The molecule has 35 heavy (non-hydrogen) atoms. The number of halogens is 1. The van der Waals surface area contributed by atoms with E-state index >= 15 is 0 Å². The van der Waals surface area contributed by atoms with Gasteiger partial charge in [0, 0.05) is 19.1 Å². The first kappa shape index (κ1) is 25.6. The van der Waals surface area contributed by atoms with E-state index in [9.17, 15) is 23.1 Å². The Morgan fingerprint density at radius 3 is 2.43 bits per heavy atom. The van der Waals surface area contributed by atoms with E-state index in [1.807, 2.05) is 0 Å². The summed E-state index contributed by atoms with van der Waals surface area (Å²) in [6.07, 6.45) is 2.17. The molecule has 2 heterocycles. The molecule has 0 radical (unpaired) electrons. The van der Waals surface area contributed by atoms with Crippen LogP contribution in [0, 0.1) is 0 Å². The molecule has 1 aliphatic heterocycles. The summed E-state index contributed by atoms with van der Waals surface area (Å²) in [5, 5.41) is 14.5. The van der Waals surface area contributed by atoms with Gasteiger partial charge in [-0.3, -0.25) is 4.99 Å². The number of piperidine rings is 1. The molecule has 11 heteroatoms. The van der Waals surface area contributed by atoms with Crippen molar-refractivity contribution in [3.05, 3.63) is 51.9 Å². The smallest absolute Gasteiger partial charge is 0.320 e. The fraction of sp³-hybridized carbons (Fsp3) is 0.375. The van der Waals surface area contributed by atoms with Crippen LogP contribution in [0.25, 0.3) is 10.8 Å². The number of carbonyl (C=O) groups is 2. The molecule has 0 atom stereocenters. The average Bonchev–Trinajstić information content (AvgIpc) is 3.19. The van der Waals surface area contributed by atoms with Gasteiger partial charge >= 0.3 is 5.91 Å². The quantitative estimate of drug-likeness (QED) is 0.451. The molecular weight excluding hydrogens is 510 g/mol. The normalized spacial score (nSPS) is 16.5. The zero-order valence-electron chi connectivity index (χ0n) is 19.5. The standard InChI is InChI=1S/C24H26ClN3O5S2/c1-26-24-27(2)21(23(30)31)22(34-24)28(11-4-3-5-12-28)20(29)10-13-35(32,33)19-9-7-16-14-18(25)8-6-17(16)15-19/h6-9,14-15H,3-5,10-13H2,1-2H3. The molecule has 1 fully saturated rings. The maximum Gasteiger partial charge on any atom is 0.320 e. The van der Waals surface area contributed by atoms with Crippen LogP contribution in [0.4, 0.5) is 5.00 Å². The summed E-state index contributed by atoms with van der Waals surface area (Å²) in [4.78, 5) is 30.4. The van der Waals surface area contributed by atoms with Crippen LogP contribution in [0.1, 0.15) is 36.2 Å². The lowest BCUT2D eigenvalue weighted by molar-refractivity contribution is -0.255. The summed E-state index contributed by atoms with van der Waals surface area (Å²) in [7, 11) is -0.616. The number of carboxylic acids is 1. The highest BCUT2D eigenvalue weighted by atomic mass is 35.5. The minimum Gasteiger partial charge on any atom is -0.543 e. The fourth-order valence-corrected chi connectivity index (χ4v) is 7.42. The lowest BCUT2D eigenvalue weighted by Crippen LogP contribution is -2.58. The number of aromatic carboxylic acids is 1. The lowest BCUT2D eigenvalue weighted by Gasteiger charge is -2.37. The van der Waals surface area contributed by atoms with E-state index in [1.165, 1.54) is 10.6 Å². The highest BCUT2D eigenvalue weighted by molar-refractivity contribution is 7.91. The molecule has 1 saturated heterocycles. The highest BCUT2D eigenvalue weighted by Gasteiger charge is 2.44. The van der Waals surface area contributed by atoms with Crippen molar-refractivity contribution >= 4 is 60.4 Å². The molecule has 1 amide bonds. The van der Waals surface area contributed by atoms with E-state index in [4.69, 9.17) is 11.6 Å². The Morgan fingerprint density at radius 2 is 1.77 bits per heavy atom. The van der Waals surface area contributed by atoms with Crippen molar-refractivity contribution < 1.29 is 23.1 Å². The molecule has 0 bridgehead atoms. The molecule has 186 valence electrons. The van der Waals surface area contributed by atoms with Crippen LogP contribution in [-0.2, 0) is 21.7 Å². The number of thiazole rings is 1. The Balaban J connectivity index is 1.67. The Bertz CT molecular complexity index is 1480. The Labute approximate surface area is 212 Å². The molecule has 3 aromatic rings. The number of likely N-dealkylation sites (tertiary alicyclic amines) is 1. The number of hydrogen-bond donors (Lipinski definition) is 0. The van der Waals surface area contributed by atoms with Crippen molar-refractivity contribution in [2.45, 2.75) is 30.6 Å². The van der Waals surface area contributed by atoms with Gasteiger partial charge in [-0.1, -0.05) is 23.7 Å². The number of sulfone groups is 1. The summed E-state index contributed by atoms with van der Waals surface area (Å²) in [5.74, 6) is -2.06. The largest absolute Gasteiger partial charge is 0.543 e. The predicted octanol–water partition coefficient (Wildman–Crippen LogP) is 2.67. The third-order valence-electron chi connectivity index (χ3n) is 6.56. The average molecular weight is 536 g/mol. The molecule has 4 rings (SSSR count). The molecule has 0 spiro atoms. The second kappa shape index (κ2) is 9.85. The van der Waals surface area contributed by atoms with Gasteiger partial charge in [0.15, 0.2) is 14.6 Å². The molecule has 2 aromatic carbocycles. The zero-order chi connectivity index (χ0) is 25.4. The molecule has 0 unspecified atom stereocenters. The van der Waals surface area contributed by atoms with E-state index in [-0.39, 0.29) is 33.2 Å². The van der Waals surface area contributed by atoms with Crippen LogP contribution in [0.5, 0.6) is 0 Å². The molecular formula is C24H26ClN3O5S2. The van der Waals surface area contributed by atoms with Gasteiger partial charge < -0.3 is 14.5 Å². The number of nitrogens with zero attached hydrogens (tertiary/aromatic N) is 3. The zero-order valence-corrected chi connectivity index (χ0v) is 21.9. The maximum absolute atomic E-state index is 13.7. The first-order chi connectivity index (χ1) is 16.6. The SMILES string of the molecule is CN=c1sc([N+]2(C(=O)CCS(=O)(=O)c3ccc4cc(Cl)ccc4c3)CCCCC2)c(C(=O)[O-])n1C. The summed E-state index contributed by atoms with van der Waals surface area (Å²) >= 11 is 7.16. The maximum atomic E-state index is 13.7. The molecule has 8 nitrogen and oxygen atoms in total. The summed E-state index contributed by atoms with van der Waals surface area (Å²) in [6, 6.07) is 10.0. The van der Waals surface area contributed by atoms with E-state index in [1.54, 1.807) is 44.4 Å². The highest BCUT2D eigenvalue weighted by Crippen LogP contribution is 2.36. The number of benzene rings is 2. The molecule has 0 aliphatic carbocycles. The second-order valence-corrected chi connectivity index (χ2v) is 12.2. The van der Waals surface area contributed by atoms with Crippen molar-refractivity contribution in [3.63, 3.8) is 0 Å². The third kappa shape index (κ3) is 4.80. The van der Waals surface area contributed by atoms with Crippen LogP contribution in [-0.4, -0.2) is 50.8 Å². The summed E-state index contributed by atoms with van der Waals surface area (Å²) < 4.78 is 27.5. The van der Waals surface area contributed by atoms with E-state index < -0.39 is 15.8 Å². The van der Waals surface area contributed by atoms with Crippen molar-refractivity contribution in [2.75, 3.05) is 25.9 Å². The molecule has 1 aromatic heterocycles. The van der Waals surface area contributed by atoms with E-state index in [0.29, 0.717) is 27.9 Å². The minimum atomic E-state index is -3.75. The molecule has 0 saturated carbocycles. The molecule has 0 N–H and O–H groups in total. The number of rotatable bonds is 6. The van der Waals surface area contributed by atoms with E-state index in [2.05, 4.69) is 4.99 Å². The number of fused-ring (bicyclic) bond motifs is 1. The van der Waals surface area contributed by atoms with E-state index in [0.717, 1.165) is 41.4 Å². The van der Waals surface area contributed by atoms with Gasteiger partial charge in [0.2, 0.25) is 5.00 Å². The number of carbonyl (C=O) groups excluding carboxylic acids is 2. The predicted molar refractivity (Wildman–Crippen MR) is 135 cm³/mol. The lowest BCUT2D eigenvalue weighted by atomic mass is 10.1. The minimum absolute atomic E-state index is 0.0816. The third-order valence-corrected chi connectivity index (χ3v) is 9.88. The van der Waals surface area contributed by atoms with Crippen molar-refractivity contribution in [1.29, 1.82) is 0 Å². The number of quaternary nitrogens is 1. The Kier molecular flexibility index (Phi) is 7.19. The topological polar surface area (TPSA) is 109 Å². The monoisotopic (exact) mass is 535 g/mol. The number of carboxylic acid groups (broad SMARTS) is 1. The second-order valence-electron chi connectivity index (χ2n) is 8.70. The van der Waals surface area contributed by atoms with Crippen molar-refractivity contribution in [2.24, 2.45) is 12.0 Å². The van der Waals surface area contributed by atoms with Crippen LogP contribution < -0.4 is 14.4 Å². The van der Waals surface area contributed by atoms with Gasteiger partial charge in [-0.2, -0.15) is 0 Å². The van der Waals surface area contributed by atoms with Crippen LogP contribution >= 0.6 is 22.9 Å². The van der Waals surface area contributed by atoms with Crippen molar-refractivity contribution in [3.8, 4) is 0 Å². The van der Waals surface area contributed by atoms with Gasteiger partial charge in [-0.15, -0.1) is 0 Å². The van der Waals surface area contributed by atoms with Crippen LogP contribution in [0.15, 0.2) is 46.3 Å². The first-order valence-corrected chi connectivity index (χ1v) is 14.1. The Morgan fingerprint density at radius 1 is 1.11 bits per heavy atom. The van der Waals surface area contributed by atoms with Crippen LogP contribution in [0.3, 0.4) is 0 Å². The number of aromatic nitrogens is 1. The Hall–Kier alpha value is -2.53. The van der Waals surface area contributed by atoms with Gasteiger partial charge in [-0.25, -0.2) is 17.7 Å². The van der Waals surface area contributed by atoms with Gasteiger partial charge in [0.1, 0.15) is 5.69 Å². The summed E-state index contributed by atoms with van der Waals surface area (Å²) in [5.41, 5.74) is -0.0816. The molecule has 1 aliphatic rings. The first-order valence-electron chi connectivity index (χ1n) is 11.3. The van der Waals surface area contributed by atoms with Crippen molar-refractivity contribution in [1.82, 2.24) is 9.05 Å².